The van der Waals surface area contributed by atoms with E-state index in [-0.39, 0.29) is 70.7 Å². The summed E-state index contributed by atoms with van der Waals surface area (Å²) in [5.41, 5.74) is 0. The summed E-state index contributed by atoms with van der Waals surface area (Å²) in [5, 5.41) is 0. The molecule has 0 saturated carbocycles. The van der Waals surface area contributed by atoms with E-state index in [4.69, 9.17) is 17.5 Å². The Morgan fingerprint density at radius 3 is 1.00 bits per heavy atom. The molecule has 0 fully saturated rings. The zero-order valence-electron chi connectivity index (χ0n) is 3.83. The van der Waals surface area contributed by atoms with Gasteiger partial charge in [0, 0.05) is 70.7 Å². The molecule has 0 heterocycles. The Balaban J connectivity index is -0.0000000133. The molecule has 61 valence electrons. The molecular weight excluding hydrogens is 337 g/mol. The smallest absolute Gasteiger partial charge is 0.264 e. The van der Waals surface area contributed by atoms with Crippen LogP contribution in [0.2, 0.25) is 0 Å². The molecular formula is H2CuFe2O4SZn. The average Bonchev–Trinajstić information content (AvgIpc) is 0.722. The summed E-state index contributed by atoms with van der Waals surface area (Å²) in [5.74, 6) is 0. The van der Waals surface area contributed by atoms with E-state index in [0.29, 0.717) is 0 Å². The van der Waals surface area contributed by atoms with Crippen molar-refractivity contribution in [2.24, 2.45) is 0 Å². The maximum atomic E-state index is 8.74. The molecule has 0 atom stereocenters. The summed E-state index contributed by atoms with van der Waals surface area (Å²) in [4.78, 5) is 0. The van der Waals surface area contributed by atoms with Crippen molar-refractivity contribution < 1.29 is 88.2 Å². The molecule has 0 aliphatic heterocycles. The molecule has 9 heavy (non-hydrogen) atoms. The Bertz CT molecular complexity index is 102. The summed E-state index contributed by atoms with van der Waals surface area (Å²) in [6, 6.07) is 0. The van der Waals surface area contributed by atoms with Crippen molar-refractivity contribution in [1.29, 1.82) is 0 Å². The van der Waals surface area contributed by atoms with Crippen molar-refractivity contribution >= 4 is 10.4 Å². The van der Waals surface area contributed by atoms with Gasteiger partial charge in [-0.1, -0.05) is 0 Å². The van der Waals surface area contributed by atoms with Crippen LogP contribution in [-0.2, 0) is 81.1 Å². The van der Waals surface area contributed by atoms with Crippen molar-refractivity contribution in [2.45, 2.75) is 0 Å². The molecule has 0 rings (SSSR count). The summed E-state index contributed by atoms with van der Waals surface area (Å²) in [6.45, 7) is 0. The normalized spacial score (nSPS) is 6.44. The monoisotopic (exact) mass is 337 g/mol. The third-order valence-electron chi connectivity index (χ3n) is 0. The van der Waals surface area contributed by atoms with Gasteiger partial charge in [0.15, 0.2) is 0 Å². The van der Waals surface area contributed by atoms with Crippen LogP contribution in [0.15, 0.2) is 0 Å². The molecule has 9 heteroatoms. The first-order valence-electron chi connectivity index (χ1n) is 0.698. The number of hydrogen-bond donors (Lipinski definition) is 2. The summed E-state index contributed by atoms with van der Waals surface area (Å²) in [6.07, 6.45) is 0. The number of hydrogen-bond acceptors (Lipinski definition) is 2. The SMILES string of the molecule is O=S(=O)(O)O.[Cu].[Fe].[Fe].[Zn]. The van der Waals surface area contributed by atoms with Gasteiger partial charge in [-0.25, -0.2) is 0 Å². The molecule has 4 nitrogen and oxygen atoms in total. The third-order valence-corrected chi connectivity index (χ3v) is 0. The largest absolute Gasteiger partial charge is 0.394 e. The Kier molecular flexibility index (Phi) is 43.0. The van der Waals surface area contributed by atoms with Gasteiger partial charge in [0.25, 0.3) is 0 Å². The zero-order valence-corrected chi connectivity index (χ0v) is 10.8. The second-order valence-electron chi connectivity index (χ2n) is 0.448. The van der Waals surface area contributed by atoms with Gasteiger partial charge in [0.05, 0.1) is 0 Å². The number of rotatable bonds is 0. The summed E-state index contributed by atoms with van der Waals surface area (Å²) < 4.78 is 31.6. The van der Waals surface area contributed by atoms with E-state index >= 15 is 0 Å². The topological polar surface area (TPSA) is 74.6 Å². The van der Waals surface area contributed by atoms with Crippen LogP contribution in [0, 0.1) is 0 Å². The summed E-state index contributed by atoms with van der Waals surface area (Å²) in [7, 11) is -4.67. The van der Waals surface area contributed by atoms with Gasteiger partial charge >= 0.3 is 10.4 Å². The minimum atomic E-state index is -4.67. The molecule has 0 bridgehead atoms. The van der Waals surface area contributed by atoms with E-state index in [1.807, 2.05) is 0 Å². The minimum Gasteiger partial charge on any atom is -0.264 e. The minimum absolute atomic E-state index is 0. The van der Waals surface area contributed by atoms with E-state index in [2.05, 4.69) is 0 Å². The van der Waals surface area contributed by atoms with Crippen LogP contribution in [-0.4, -0.2) is 17.5 Å². The Morgan fingerprint density at radius 1 is 1.00 bits per heavy atom. The molecule has 0 aliphatic rings. The van der Waals surface area contributed by atoms with Crippen LogP contribution >= 0.6 is 0 Å². The standard InChI is InChI=1S/Cu.2Fe.H2O4S.Zn/c;;;1-5(2,3)4;/h;;;(H2,1,2,3,4);. The first-order chi connectivity index (χ1) is 2.00. The molecule has 0 spiro atoms. The summed E-state index contributed by atoms with van der Waals surface area (Å²) >= 11 is 0. The van der Waals surface area contributed by atoms with E-state index in [9.17, 15) is 0 Å². The molecule has 0 unspecified atom stereocenters. The van der Waals surface area contributed by atoms with Crippen LogP contribution in [0.5, 0.6) is 0 Å². The molecule has 0 amide bonds. The molecule has 0 aliphatic carbocycles. The second kappa shape index (κ2) is 12.7. The predicted octanol–water partition coefficient (Wildman–Crippen LogP) is -0.663. The van der Waals surface area contributed by atoms with E-state index < -0.39 is 10.4 Å². The van der Waals surface area contributed by atoms with Crippen LogP contribution in [0.3, 0.4) is 0 Å². The first-order valence-corrected chi connectivity index (χ1v) is 2.10. The second-order valence-corrected chi connectivity index (χ2v) is 1.34. The molecule has 0 aromatic heterocycles. The quantitative estimate of drug-likeness (QED) is 0.454. The van der Waals surface area contributed by atoms with E-state index in [1.54, 1.807) is 0 Å². The van der Waals surface area contributed by atoms with Crippen molar-refractivity contribution in [1.82, 2.24) is 0 Å². The van der Waals surface area contributed by atoms with E-state index in [1.165, 1.54) is 0 Å². The zero-order chi connectivity index (χ0) is 4.50. The Morgan fingerprint density at radius 2 is 1.00 bits per heavy atom. The van der Waals surface area contributed by atoms with Gasteiger partial charge in [0.2, 0.25) is 0 Å². The van der Waals surface area contributed by atoms with Crippen LogP contribution in [0.1, 0.15) is 0 Å². The fourth-order valence-electron chi connectivity index (χ4n) is 0. The van der Waals surface area contributed by atoms with Gasteiger partial charge in [0.1, 0.15) is 0 Å². The molecule has 2 N–H and O–H groups in total. The van der Waals surface area contributed by atoms with Crippen molar-refractivity contribution in [3.05, 3.63) is 0 Å². The molecule has 1 radical (unpaired) electrons. The van der Waals surface area contributed by atoms with Gasteiger partial charge in [-0.05, 0) is 0 Å². The van der Waals surface area contributed by atoms with Crippen LogP contribution < -0.4 is 0 Å². The van der Waals surface area contributed by atoms with Gasteiger partial charge in [-0.2, -0.15) is 8.42 Å². The van der Waals surface area contributed by atoms with E-state index in [0.717, 1.165) is 0 Å². The third kappa shape index (κ3) is 155. The fourth-order valence-corrected chi connectivity index (χ4v) is 0. The first kappa shape index (κ1) is 30.5. The van der Waals surface area contributed by atoms with Crippen LogP contribution in [0.25, 0.3) is 0 Å². The molecule has 0 aromatic rings. The van der Waals surface area contributed by atoms with Crippen LogP contribution in [0.4, 0.5) is 0 Å². The Hall–Kier alpha value is 2.05. The van der Waals surface area contributed by atoms with Gasteiger partial charge in [-0.3, -0.25) is 9.11 Å². The fraction of sp³-hybridized carbons (Fsp3) is 0. The van der Waals surface area contributed by atoms with Gasteiger partial charge < -0.3 is 0 Å². The maximum absolute atomic E-state index is 8.74. The van der Waals surface area contributed by atoms with Crippen molar-refractivity contribution in [2.75, 3.05) is 0 Å². The van der Waals surface area contributed by atoms with Crippen molar-refractivity contribution in [3.8, 4) is 0 Å². The van der Waals surface area contributed by atoms with Crippen molar-refractivity contribution in [3.63, 3.8) is 0 Å². The molecule has 0 saturated heterocycles. The van der Waals surface area contributed by atoms with Gasteiger partial charge in [-0.15, -0.1) is 0 Å². The maximum Gasteiger partial charge on any atom is 0.394 e. The predicted molar refractivity (Wildman–Crippen MR) is 14.2 cm³/mol. The molecule has 0 aromatic carbocycles. The average molecular weight is 339 g/mol. The Labute approximate surface area is 97.7 Å².